The van der Waals surface area contributed by atoms with Crippen molar-refractivity contribution in [3.63, 3.8) is 0 Å². The number of anilines is 1. The van der Waals surface area contributed by atoms with Crippen LogP contribution in [0.5, 0.6) is 0 Å². The van der Waals surface area contributed by atoms with Gasteiger partial charge in [0.2, 0.25) is 11.8 Å². The van der Waals surface area contributed by atoms with Crippen LogP contribution >= 0.6 is 23.2 Å². The molecule has 0 radical (unpaired) electrons. The lowest BCUT2D eigenvalue weighted by Gasteiger charge is -2.09. The number of nitrogens with one attached hydrogen (secondary N) is 2. The molecule has 2 amide bonds. The third-order valence-corrected chi connectivity index (χ3v) is 3.93. The first kappa shape index (κ1) is 18.3. The Balaban J connectivity index is 1.76. The van der Waals surface area contributed by atoms with Crippen LogP contribution in [0.25, 0.3) is 0 Å². The molecule has 6 heteroatoms. The molecule has 2 rings (SSSR count). The van der Waals surface area contributed by atoms with E-state index < -0.39 is 0 Å². The Hall–Kier alpha value is -2.04. The SMILES string of the molecule is Cc1ccc(Cl)cc1NC(=O)CC(=O)NCCc1ccc(Cl)cc1. The van der Waals surface area contributed by atoms with Crippen molar-refractivity contribution < 1.29 is 9.59 Å². The Morgan fingerprint density at radius 3 is 2.33 bits per heavy atom. The van der Waals surface area contributed by atoms with Crippen LogP contribution in [0.3, 0.4) is 0 Å². The van der Waals surface area contributed by atoms with Gasteiger partial charge in [0.1, 0.15) is 6.42 Å². The molecule has 4 nitrogen and oxygen atoms in total. The molecule has 0 aliphatic rings. The maximum absolute atomic E-state index is 11.9. The highest BCUT2D eigenvalue weighted by molar-refractivity contribution is 6.31. The lowest BCUT2D eigenvalue weighted by Crippen LogP contribution is -2.29. The molecule has 0 fully saturated rings. The molecule has 0 heterocycles. The second-order valence-electron chi connectivity index (χ2n) is 5.41. The van der Waals surface area contributed by atoms with E-state index in [1.165, 1.54) is 0 Å². The molecule has 24 heavy (non-hydrogen) atoms. The number of amides is 2. The van der Waals surface area contributed by atoms with Crippen molar-refractivity contribution in [1.82, 2.24) is 5.32 Å². The van der Waals surface area contributed by atoms with Crippen LogP contribution in [0.15, 0.2) is 42.5 Å². The van der Waals surface area contributed by atoms with Crippen LogP contribution in [-0.4, -0.2) is 18.4 Å². The summed E-state index contributed by atoms with van der Waals surface area (Å²) >= 11 is 11.7. The normalized spacial score (nSPS) is 10.3. The number of carbonyl (C=O) groups is 2. The Morgan fingerprint density at radius 2 is 1.62 bits per heavy atom. The molecule has 2 N–H and O–H groups in total. The summed E-state index contributed by atoms with van der Waals surface area (Å²) in [5.41, 5.74) is 2.57. The summed E-state index contributed by atoms with van der Waals surface area (Å²) in [6.07, 6.45) is 0.449. The molecular weight excluding hydrogens is 347 g/mol. The van der Waals surface area contributed by atoms with Crippen molar-refractivity contribution >= 4 is 40.7 Å². The van der Waals surface area contributed by atoms with Crippen LogP contribution < -0.4 is 10.6 Å². The van der Waals surface area contributed by atoms with Crippen molar-refractivity contribution in [1.29, 1.82) is 0 Å². The van der Waals surface area contributed by atoms with E-state index in [2.05, 4.69) is 10.6 Å². The van der Waals surface area contributed by atoms with Gasteiger partial charge in [-0.05, 0) is 48.7 Å². The zero-order valence-electron chi connectivity index (χ0n) is 13.2. The number of carbonyl (C=O) groups excluding carboxylic acids is 2. The van der Waals surface area contributed by atoms with Crippen LogP contribution in [0.4, 0.5) is 5.69 Å². The molecule has 0 aliphatic heterocycles. The maximum atomic E-state index is 11.9. The van der Waals surface area contributed by atoms with Gasteiger partial charge in [0.15, 0.2) is 0 Å². The van der Waals surface area contributed by atoms with Gasteiger partial charge in [-0.15, -0.1) is 0 Å². The molecule has 126 valence electrons. The van der Waals surface area contributed by atoms with Crippen molar-refractivity contribution in [2.24, 2.45) is 0 Å². The molecule has 0 saturated heterocycles. The van der Waals surface area contributed by atoms with Crippen molar-refractivity contribution in [2.75, 3.05) is 11.9 Å². The van der Waals surface area contributed by atoms with Gasteiger partial charge in [0.05, 0.1) is 0 Å². The Bertz CT molecular complexity index is 730. The first-order valence-electron chi connectivity index (χ1n) is 7.51. The van der Waals surface area contributed by atoms with Crippen LogP contribution in [-0.2, 0) is 16.0 Å². The van der Waals surface area contributed by atoms with E-state index in [0.717, 1.165) is 11.1 Å². The quantitative estimate of drug-likeness (QED) is 0.761. The number of benzene rings is 2. The number of halogens is 2. The van der Waals surface area contributed by atoms with E-state index in [1.54, 1.807) is 24.3 Å². The van der Waals surface area contributed by atoms with Gasteiger partial charge < -0.3 is 10.6 Å². The minimum Gasteiger partial charge on any atom is -0.355 e. The lowest BCUT2D eigenvalue weighted by molar-refractivity contribution is -0.126. The number of hydrogen-bond acceptors (Lipinski definition) is 2. The summed E-state index contributed by atoms with van der Waals surface area (Å²) in [4.78, 5) is 23.7. The molecule has 0 bridgehead atoms. The van der Waals surface area contributed by atoms with E-state index in [-0.39, 0.29) is 18.2 Å². The minimum atomic E-state index is -0.371. The van der Waals surface area contributed by atoms with Gasteiger partial charge in [-0.2, -0.15) is 0 Å². The second-order valence-corrected chi connectivity index (χ2v) is 6.28. The van der Waals surface area contributed by atoms with Gasteiger partial charge in [-0.25, -0.2) is 0 Å². The Labute approximate surface area is 151 Å². The fourth-order valence-electron chi connectivity index (χ4n) is 2.13. The topological polar surface area (TPSA) is 58.2 Å². The molecular formula is C18H18Cl2N2O2. The molecule has 0 aromatic heterocycles. The van der Waals surface area contributed by atoms with Gasteiger partial charge in [-0.1, -0.05) is 41.4 Å². The highest BCUT2D eigenvalue weighted by Crippen LogP contribution is 2.20. The number of rotatable bonds is 6. The van der Waals surface area contributed by atoms with Crippen LogP contribution in [0.2, 0.25) is 10.0 Å². The molecule has 0 aliphatic carbocycles. The number of hydrogen-bond donors (Lipinski definition) is 2. The van der Waals surface area contributed by atoms with Crippen LogP contribution in [0, 0.1) is 6.92 Å². The van der Waals surface area contributed by atoms with Gasteiger partial charge in [0.25, 0.3) is 0 Å². The van der Waals surface area contributed by atoms with Crippen molar-refractivity contribution in [2.45, 2.75) is 19.8 Å². The van der Waals surface area contributed by atoms with E-state index in [1.807, 2.05) is 25.1 Å². The molecule has 0 spiro atoms. The molecule has 0 unspecified atom stereocenters. The molecule has 0 saturated carbocycles. The van der Waals surface area contributed by atoms with E-state index in [9.17, 15) is 9.59 Å². The third-order valence-electron chi connectivity index (χ3n) is 3.44. The van der Waals surface area contributed by atoms with Gasteiger partial charge in [0, 0.05) is 22.3 Å². The predicted octanol–water partition coefficient (Wildman–Crippen LogP) is 3.99. The zero-order chi connectivity index (χ0) is 17.5. The Kier molecular flexibility index (Phi) is 6.64. The van der Waals surface area contributed by atoms with Gasteiger partial charge >= 0.3 is 0 Å². The van der Waals surface area contributed by atoms with E-state index >= 15 is 0 Å². The largest absolute Gasteiger partial charge is 0.355 e. The summed E-state index contributed by atoms with van der Waals surface area (Å²) in [6, 6.07) is 12.6. The fraction of sp³-hybridized carbons (Fsp3) is 0.222. The minimum absolute atomic E-state index is 0.230. The van der Waals surface area contributed by atoms with Gasteiger partial charge in [-0.3, -0.25) is 9.59 Å². The summed E-state index contributed by atoms with van der Waals surface area (Å²) in [6.45, 7) is 2.32. The summed E-state index contributed by atoms with van der Waals surface area (Å²) < 4.78 is 0. The summed E-state index contributed by atoms with van der Waals surface area (Å²) in [7, 11) is 0. The first-order valence-corrected chi connectivity index (χ1v) is 8.27. The highest BCUT2D eigenvalue weighted by Gasteiger charge is 2.10. The fourth-order valence-corrected chi connectivity index (χ4v) is 2.43. The predicted molar refractivity (Wildman–Crippen MR) is 97.6 cm³/mol. The van der Waals surface area contributed by atoms with Crippen molar-refractivity contribution in [3.05, 3.63) is 63.6 Å². The third kappa shape index (κ3) is 5.87. The summed E-state index contributed by atoms with van der Waals surface area (Å²) in [5.74, 6) is -0.689. The monoisotopic (exact) mass is 364 g/mol. The summed E-state index contributed by atoms with van der Waals surface area (Å²) in [5, 5.41) is 6.63. The average molecular weight is 365 g/mol. The standard InChI is InChI=1S/C18H18Cl2N2O2/c1-12-2-5-15(20)10-16(12)22-18(24)11-17(23)21-9-8-13-3-6-14(19)7-4-13/h2-7,10H,8-9,11H2,1H3,(H,21,23)(H,22,24). The van der Waals surface area contributed by atoms with Crippen LogP contribution in [0.1, 0.15) is 17.5 Å². The first-order chi connectivity index (χ1) is 11.4. The maximum Gasteiger partial charge on any atom is 0.233 e. The highest BCUT2D eigenvalue weighted by atomic mass is 35.5. The van der Waals surface area contributed by atoms with E-state index in [4.69, 9.17) is 23.2 Å². The lowest BCUT2D eigenvalue weighted by atomic mass is 10.1. The molecule has 2 aromatic rings. The average Bonchev–Trinajstić information content (AvgIpc) is 2.53. The molecule has 2 aromatic carbocycles. The Morgan fingerprint density at radius 1 is 0.958 bits per heavy atom. The van der Waals surface area contributed by atoms with E-state index in [0.29, 0.717) is 28.7 Å². The zero-order valence-corrected chi connectivity index (χ0v) is 14.7. The second kappa shape index (κ2) is 8.71. The number of aryl methyl sites for hydroxylation is 1. The van der Waals surface area contributed by atoms with Crippen molar-refractivity contribution in [3.8, 4) is 0 Å². The molecule has 0 atom stereocenters. The smallest absolute Gasteiger partial charge is 0.233 e.